The van der Waals surface area contributed by atoms with Crippen LogP contribution in [0.15, 0.2) is 122 Å². The van der Waals surface area contributed by atoms with Gasteiger partial charge in [-0.15, -0.1) is 0 Å². The van der Waals surface area contributed by atoms with Crippen molar-refractivity contribution in [3.05, 3.63) is 149 Å². The Labute approximate surface area is 375 Å². The van der Waals surface area contributed by atoms with Gasteiger partial charge in [-0.25, -0.2) is 15.0 Å². The Morgan fingerprint density at radius 3 is 1.79 bits per heavy atom. The lowest BCUT2D eigenvalue weighted by Crippen LogP contribution is -2.17. The summed E-state index contributed by atoms with van der Waals surface area (Å²) in [6.45, 7) is 31.2. The predicted octanol–water partition coefficient (Wildman–Crippen LogP) is 15.7. The van der Waals surface area contributed by atoms with E-state index < -0.39 is 0 Å². The summed E-state index contributed by atoms with van der Waals surface area (Å²) < 4.78 is 2.29. The highest BCUT2D eigenvalue weighted by Gasteiger charge is 2.30. The van der Waals surface area contributed by atoms with Crippen molar-refractivity contribution in [2.24, 2.45) is 0 Å². The molecule has 0 amide bonds. The molecule has 0 fully saturated rings. The van der Waals surface area contributed by atoms with Gasteiger partial charge in [-0.3, -0.25) is 4.57 Å². The van der Waals surface area contributed by atoms with Crippen molar-refractivity contribution in [2.45, 2.75) is 125 Å². The van der Waals surface area contributed by atoms with Crippen LogP contribution in [0.4, 0.5) is 0 Å². The van der Waals surface area contributed by atoms with Crippen LogP contribution in [0.25, 0.3) is 72.5 Å². The quantitative estimate of drug-likeness (QED) is 0.181. The molecule has 0 aliphatic carbocycles. The zero-order valence-electron chi connectivity index (χ0n) is 39.9. The Morgan fingerprint density at radius 1 is 0.508 bits per heavy atom. The number of aromatic nitrogens is 4. The molecule has 0 bridgehead atoms. The summed E-state index contributed by atoms with van der Waals surface area (Å²) in [5, 5.41) is 13.6. The van der Waals surface area contributed by atoms with Crippen molar-refractivity contribution in [1.82, 2.24) is 19.5 Å². The number of hydrogen-bond acceptors (Lipinski definition) is 4. The van der Waals surface area contributed by atoms with Gasteiger partial charge in [-0.05, 0) is 97.4 Å². The molecule has 5 nitrogen and oxygen atoms in total. The van der Waals surface area contributed by atoms with Gasteiger partial charge >= 0.3 is 0 Å². The monoisotopic (exact) mass is 833 g/mol. The molecule has 6 aromatic carbocycles. The van der Waals surface area contributed by atoms with E-state index >= 15 is 0 Å². The number of benzene rings is 6. The molecule has 0 radical (unpaired) electrons. The Hall–Kier alpha value is -6.07. The molecule has 5 heteroatoms. The molecule has 0 atom stereocenters. The topological polar surface area (TPSA) is 63.8 Å². The van der Waals surface area contributed by atoms with Gasteiger partial charge in [0.15, 0.2) is 0 Å². The van der Waals surface area contributed by atoms with E-state index in [1.165, 1.54) is 16.7 Å². The lowest BCUT2D eigenvalue weighted by molar-refractivity contribution is 0.446. The van der Waals surface area contributed by atoms with E-state index in [9.17, 15) is 5.11 Å². The number of rotatable bonds is 6. The van der Waals surface area contributed by atoms with Crippen LogP contribution in [0.5, 0.6) is 5.75 Å². The third-order valence-electron chi connectivity index (χ3n) is 12.6. The molecule has 1 N–H and O–H groups in total. The van der Waals surface area contributed by atoms with E-state index in [1.54, 1.807) is 6.33 Å². The molecule has 8 aromatic rings. The largest absolute Gasteiger partial charge is 0.507 e. The molecule has 63 heavy (non-hydrogen) atoms. The maximum absolute atomic E-state index is 12.6. The predicted molar refractivity (Wildman–Crippen MR) is 266 cm³/mol. The molecular formula is C58H64N4O. The first kappa shape index (κ1) is 43.6. The number of aromatic hydroxyl groups is 1. The lowest BCUT2D eigenvalue weighted by Gasteiger charge is -2.28. The molecule has 2 heterocycles. The number of para-hydroxylation sites is 2. The summed E-state index contributed by atoms with van der Waals surface area (Å²) in [6, 6.07) is 41.7. The first-order valence-corrected chi connectivity index (χ1v) is 22.5. The van der Waals surface area contributed by atoms with Gasteiger partial charge in [-0.1, -0.05) is 176 Å². The maximum Gasteiger partial charge on any atom is 0.149 e. The highest BCUT2D eigenvalue weighted by molar-refractivity contribution is 5.99. The second kappa shape index (κ2) is 15.6. The van der Waals surface area contributed by atoms with Gasteiger partial charge in [-0.2, -0.15) is 0 Å². The third-order valence-corrected chi connectivity index (χ3v) is 12.6. The molecule has 2 aromatic heterocycles. The van der Waals surface area contributed by atoms with Crippen LogP contribution in [0.2, 0.25) is 0 Å². The van der Waals surface area contributed by atoms with E-state index in [0.29, 0.717) is 17.3 Å². The van der Waals surface area contributed by atoms with Crippen molar-refractivity contribution >= 4 is 21.9 Å². The number of phenolic OH excluding ortho intramolecular Hbond substituents is 1. The van der Waals surface area contributed by atoms with E-state index in [-0.39, 0.29) is 27.4 Å². The van der Waals surface area contributed by atoms with Crippen LogP contribution in [0.1, 0.15) is 131 Å². The van der Waals surface area contributed by atoms with Crippen LogP contribution in [0, 0.1) is 0 Å². The van der Waals surface area contributed by atoms with Crippen molar-refractivity contribution < 1.29 is 5.11 Å². The molecule has 0 aliphatic heterocycles. The van der Waals surface area contributed by atoms with Crippen LogP contribution in [-0.2, 0) is 21.7 Å². The molecule has 8 rings (SSSR count). The van der Waals surface area contributed by atoms with Gasteiger partial charge in [0.25, 0.3) is 0 Å². The molecule has 0 saturated heterocycles. The van der Waals surface area contributed by atoms with E-state index in [1.807, 2.05) is 0 Å². The summed E-state index contributed by atoms with van der Waals surface area (Å²) in [7, 11) is 0. The first-order valence-electron chi connectivity index (χ1n) is 22.5. The van der Waals surface area contributed by atoms with E-state index in [0.717, 1.165) is 72.3 Å². The fourth-order valence-electron chi connectivity index (χ4n) is 8.77. The van der Waals surface area contributed by atoms with Gasteiger partial charge in [0.2, 0.25) is 0 Å². The Kier molecular flexibility index (Phi) is 10.8. The Morgan fingerprint density at radius 2 is 1.14 bits per heavy atom. The summed E-state index contributed by atoms with van der Waals surface area (Å²) >= 11 is 0. The standard InChI is InChI=1S/C58H64N4O/c1-35(2)42-22-18-24-44-50(59-34-60-51(42)44)38-28-37(29-40(30-38)56(6,7)8)43-23-19-25-49-52(43)61-54(46-32-41(57(9,10)11)33-47(53(46)63)58(12,13)14)62(49)48-27-26-39(55(3,4)5)31-45(48)36-20-16-15-17-21-36/h15-35,63H,1-14H3. The summed E-state index contributed by atoms with van der Waals surface area (Å²) in [4.78, 5) is 15.5. The molecule has 0 saturated carbocycles. The van der Waals surface area contributed by atoms with Gasteiger partial charge in [0.1, 0.15) is 17.9 Å². The molecular weight excluding hydrogens is 769 g/mol. The van der Waals surface area contributed by atoms with Crippen LogP contribution >= 0.6 is 0 Å². The second-order valence-electron chi connectivity index (χ2n) is 21.9. The normalized spacial score (nSPS) is 12.8. The highest BCUT2D eigenvalue weighted by atomic mass is 16.3. The molecule has 322 valence electrons. The smallest absolute Gasteiger partial charge is 0.149 e. The van der Waals surface area contributed by atoms with Crippen molar-refractivity contribution in [3.8, 4) is 56.3 Å². The van der Waals surface area contributed by atoms with E-state index in [2.05, 4.69) is 217 Å². The number of phenols is 1. The fourth-order valence-corrected chi connectivity index (χ4v) is 8.77. The Bertz CT molecular complexity index is 3010. The van der Waals surface area contributed by atoms with Crippen LogP contribution in [-0.4, -0.2) is 24.6 Å². The number of nitrogens with zero attached hydrogens (tertiary/aromatic N) is 4. The Balaban J connectivity index is 1.50. The number of fused-ring (bicyclic) bond motifs is 2. The summed E-state index contributed by atoms with van der Waals surface area (Å²) in [5.74, 6) is 1.28. The van der Waals surface area contributed by atoms with Crippen LogP contribution in [0.3, 0.4) is 0 Å². The number of imidazole rings is 1. The average Bonchev–Trinajstić information content (AvgIpc) is 3.61. The first-order chi connectivity index (χ1) is 29.5. The van der Waals surface area contributed by atoms with Gasteiger partial charge in [0.05, 0.1) is 33.5 Å². The second-order valence-corrected chi connectivity index (χ2v) is 21.9. The van der Waals surface area contributed by atoms with Crippen molar-refractivity contribution in [2.75, 3.05) is 0 Å². The maximum atomic E-state index is 12.6. The third kappa shape index (κ3) is 8.19. The minimum atomic E-state index is -0.323. The zero-order chi connectivity index (χ0) is 45.4. The molecule has 0 spiro atoms. The lowest BCUT2D eigenvalue weighted by atomic mass is 9.79. The highest BCUT2D eigenvalue weighted by Crippen LogP contribution is 2.46. The summed E-state index contributed by atoms with van der Waals surface area (Å²) in [6.07, 6.45) is 1.71. The molecule has 0 aliphatic rings. The van der Waals surface area contributed by atoms with Gasteiger partial charge in [0, 0.05) is 27.6 Å². The zero-order valence-corrected chi connectivity index (χ0v) is 39.9. The van der Waals surface area contributed by atoms with Crippen molar-refractivity contribution in [1.29, 1.82) is 0 Å². The van der Waals surface area contributed by atoms with Crippen LogP contribution < -0.4 is 0 Å². The SMILES string of the molecule is CC(C)c1cccc2c(-c3cc(-c4cccc5c4nc(-c4cc(C(C)(C)C)cc(C(C)(C)C)c4O)n5-c4ccc(C(C)(C)C)cc4-c4ccccc4)cc(C(C)(C)C)c3)ncnc12. The summed E-state index contributed by atoms with van der Waals surface area (Å²) in [5.41, 5.74) is 15.7. The van der Waals surface area contributed by atoms with E-state index in [4.69, 9.17) is 15.0 Å². The molecule has 0 unspecified atom stereocenters. The minimum absolute atomic E-state index is 0.0723. The average molecular weight is 833 g/mol. The minimum Gasteiger partial charge on any atom is -0.507 e. The van der Waals surface area contributed by atoms with Gasteiger partial charge < -0.3 is 5.11 Å². The fraction of sp³-hybridized carbons (Fsp3) is 0.328. The number of hydrogen-bond donors (Lipinski definition) is 1. The van der Waals surface area contributed by atoms with Crippen molar-refractivity contribution in [3.63, 3.8) is 0 Å².